The van der Waals surface area contributed by atoms with E-state index in [1.807, 2.05) is 26.8 Å². The molecular formula is C13H19NO3. The van der Waals surface area contributed by atoms with E-state index in [9.17, 15) is 9.90 Å². The van der Waals surface area contributed by atoms with Crippen LogP contribution in [0.2, 0.25) is 0 Å². The van der Waals surface area contributed by atoms with Gasteiger partial charge in [0.15, 0.2) is 0 Å². The second kappa shape index (κ2) is 5.68. The molecule has 0 radical (unpaired) electrons. The average molecular weight is 237 g/mol. The number of carboxylic acids is 1. The highest BCUT2D eigenvalue weighted by molar-refractivity contribution is 5.94. The molecule has 0 amide bonds. The van der Waals surface area contributed by atoms with Gasteiger partial charge in [0.1, 0.15) is 0 Å². The first-order valence-electron chi connectivity index (χ1n) is 5.67. The van der Waals surface area contributed by atoms with Crippen LogP contribution in [0.4, 0.5) is 5.69 Å². The molecule has 0 saturated carbocycles. The molecule has 17 heavy (non-hydrogen) atoms. The Morgan fingerprint density at radius 2 is 2.06 bits per heavy atom. The van der Waals surface area contributed by atoms with Gasteiger partial charge in [-0.25, -0.2) is 4.79 Å². The van der Waals surface area contributed by atoms with Gasteiger partial charge in [-0.3, -0.25) is 0 Å². The molecule has 4 nitrogen and oxygen atoms in total. The van der Waals surface area contributed by atoms with Gasteiger partial charge in [0.25, 0.3) is 0 Å². The molecule has 0 bridgehead atoms. The predicted molar refractivity (Wildman–Crippen MR) is 67.5 cm³/mol. The summed E-state index contributed by atoms with van der Waals surface area (Å²) < 4.78 is 0. The van der Waals surface area contributed by atoms with Gasteiger partial charge in [0.05, 0.1) is 11.7 Å². The van der Waals surface area contributed by atoms with Crippen LogP contribution in [-0.4, -0.2) is 28.8 Å². The quantitative estimate of drug-likeness (QED) is 0.733. The lowest BCUT2D eigenvalue weighted by atomic mass is 10.1. The third kappa shape index (κ3) is 3.75. The van der Waals surface area contributed by atoms with Crippen molar-refractivity contribution < 1.29 is 15.0 Å². The van der Waals surface area contributed by atoms with E-state index < -0.39 is 12.1 Å². The molecule has 1 aromatic carbocycles. The van der Waals surface area contributed by atoms with Gasteiger partial charge < -0.3 is 15.5 Å². The maximum Gasteiger partial charge on any atom is 0.337 e. The first kappa shape index (κ1) is 13.5. The molecule has 1 rings (SSSR count). The molecule has 0 aliphatic carbocycles. The third-order valence-corrected chi connectivity index (χ3v) is 2.68. The molecule has 4 heteroatoms. The van der Waals surface area contributed by atoms with Crippen molar-refractivity contribution in [1.82, 2.24) is 0 Å². The molecule has 94 valence electrons. The van der Waals surface area contributed by atoms with Crippen molar-refractivity contribution in [3.8, 4) is 0 Å². The van der Waals surface area contributed by atoms with Crippen molar-refractivity contribution in [2.24, 2.45) is 5.92 Å². The van der Waals surface area contributed by atoms with Crippen molar-refractivity contribution in [3.05, 3.63) is 29.3 Å². The van der Waals surface area contributed by atoms with Crippen molar-refractivity contribution in [1.29, 1.82) is 0 Å². The van der Waals surface area contributed by atoms with Crippen molar-refractivity contribution in [2.75, 3.05) is 11.9 Å². The maximum absolute atomic E-state index is 11.1. The molecule has 1 unspecified atom stereocenters. The molecule has 3 N–H and O–H groups in total. The number of hydrogen-bond acceptors (Lipinski definition) is 3. The Morgan fingerprint density at radius 3 is 2.59 bits per heavy atom. The van der Waals surface area contributed by atoms with E-state index in [1.54, 1.807) is 12.1 Å². The average Bonchev–Trinajstić information content (AvgIpc) is 2.26. The smallest absolute Gasteiger partial charge is 0.337 e. The van der Waals surface area contributed by atoms with Gasteiger partial charge in [-0.05, 0) is 25.0 Å². The summed E-state index contributed by atoms with van der Waals surface area (Å²) >= 11 is 0. The summed E-state index contributed by atoms with van der Waals surface area (Å²) in [4.78, 5) is 11.1. The first-order valence-corrected chi connectivity index (χ1v) is 5.67. The monoisotopic (exact) mass is 237 g/mol. The summed E-state index contributed by atoms with van der Waals surface area (Å²) in [5.41, 5.74) is 1.68. The normalized spacial score (nSPS) is 12.5. The summed E-state index contributed by atoms with van der Waals surface area (Å²) in [5, 5.41) is 21.7. The van der Waals surface area contributed by atoms with E-state index in [0.29, 0.717) is 12.2 Å². The number of rotatable bonds is 5. The lowest BCUT2D eigenvalue weighted by molar-refractivity contribution is 0.0697. The maximum atomic E-state index is 11.1. The Kier molecular flexibility index (Phi) is 4.52. The lowest BCUT2D eigenvalue weighted by Gasteiger charge is -2.17. The van der Waals surface area contributed by atoms with Gasteiger partial charge in [0, 0.05) is 12.2 Å². The number of hydrogen-bond donors (Lipinski definition) is 3. The van der Waals surface area contributed by atoms with Gasteiger partial charge in [-0.15, -0.1) is 0 Å². The number of aromatic carboxylic acids is 1. The Morgan fingerprint density at radius 1 is 1.41 bits per heavy atom. The van der Waals surface area contributed by atoms with E-state index in [1.165, 1.54) is 0 Å². The first-order chi connectivity index (χ1) is 7.91. The number of anilines is 1. The summed E-state index contributed by atoms with van der Waals surface area (Å²) in [5.74, 6) is -0.823. The molecule has 1 atom stereocenters. The van der Waals surface area contributed by atoms with E-state index >= 15 is 0 Å². The molecule has 0 fully saturated rings. The summed E-state index contributed by atoms with van der Waals surface area (Å²) in [7, 11) is 0. The Balaban J connectivity index is 2.80. The number of nitrogens with one attached hydrogen (secondary N) is 1. The lowest BCUT2D eigenvalue weighted by Crippen LogP contribution is -2.25. The minimum atomic E-state index is -0.963. The summed E-state index contributed by atoms with van der Waals surface area (Å²) in [6.45, 7) is 6.03. The molecule has 0 aliphatic rings. The van der Waals surface area contributed by atoms with Crippen molar-refractivity contribution >= 4 is 11.7 Å². The fraction of sp³-hybridized carbons (Fsp3) is 0.462. The molecule has 0 saturated heterocycles. The molecule has 1 aromatic rings. The van der Waals surface area contributed by atoms with Gasteiger partial charge in [-0.2, -0.15) is 0 Å². The van der Waals surface area contributed by atoms with Crippen LogP contribution < -0.4 is 5.32 Å². The largest absolute Gasteiger partial charge is 0.478 e. The Bertz CT molecular complexity index is 402. The second-order valence-electron chi connectivity index (χ2n) is 4.55. The van der Waals surface area contributed by atoms with Crippen LogP contribution in [0.3, 0.4) is 0 Å². The topological polar surface area (TPSA) is 69.6 Å². The minimum absolute atomic E-state index is 0.140. The molecule has 0 aromatic heterocycles. The highest BCUT2D eigenvalue weighted by Gasteiger charge is 2.13. The fourth-order valence-corrected chi connectivity index (χ4v) is 1.44. The summed E-state index contributed by atoms with van der Waals surface area (Å²) in [6, 6.07) is 5.19. The number of aryl methyl sites for hydroxylation is 1. The van der Waals surface area contributed by atoms with Gasteiger partial charge in [-0.1, -0.05) is 25.5 Å². The van der Waals surface area contributed by atoms with Gasteiger partial charge in [0.2, 0.25) is 0 Å². The highest BCUT2D eigenvalue weighted by atomic mass is 16.4. The molecule has 0 aliphatic heterocycles. The fourth-order valence-electron chi connectivity index (χ4n) is 1.44. The number of aliphatic hydroxyl groups excluding tert-OH is 1. The number of aliphatic hydroxyl groups is 1. The molecule has 0 spiro atoms. The Hall–Kier alpha value is -1.55. The zero-order valence-electron chi connectivity index (χ0n) is 10.4. The number of benzene rings is 1. The number of carbonyl (C=O) groups is 1. The van der Waals surface area contributed by atoms with Crippen molar-refractivity contribution in [2.45, 2.75) is 26.9 Å². The zero-order valence-corrected chi connectivity index (χ0v) is 10.4. The third-order valence-electron chi connectivity index (χ3n) is 2.68. The van der Waals surface area contributed by atoms with Crippen LogP contribution in [0.1, 0.15) is 29.8 Å². The minimum Gasteiger partial charge on any atom is -0.478 e. The second-order valence-corrected chi connectivity index (χ2v) is 4.55. The van der Waals surface area contributed by atoms with E-state index in [-0.39, 0.29) is 11.5 Å². The van der Waals surface area contributed by atoms with E-state index in [2.05, 4.69) is 5.32 Å². The van der Waals surface area contributed by atoms with Crippen LogP contribution in [-0.2, 0) is 0 Å². The summed E-state index contributed by atoms with van der Waals surface area (Å²) in [6.07, 6.45) is -0.488. The molecule has 0 heterocycles. The van der Waals surface area contributed by atoms with Crippen LogP contribution >= 0.6 is 0 Å². The van der Waals surface area contributed by atoms with Crippen LogP contribution in [0, 0.1) is 12.8 Å². The van der Waals surface area contributed by atoms with Gasteiger partial charge >= 0.3 is 5.97 Å². The SMILES string of the molecule is Cc1ccc(NCC(O)C(C)C)c(C(=O)O)c1. The molecular weight excluding hydrogens is 218 g/mol. The van der Waals surface area contributed by atoms with Crippen molar-refractivity contribution in [3.63, 3.8) is 0 Å². The van der Waals surface area contributed by atoms with E-state index in [0.717, 1.165) is 5.56 Å². The van der Waals surface area contributed by atoms with Crippen LogP contribution in [0.5, 0.6) is 0 Å². The standard InChI is InChI=1S/C13H19NO3/c1-8(2)12(15)7-14-11-5-4-9(3)6-10(11)13(16)17/h4-6,8,12,14-15H,7H2,1-3H3,(H,16,17). The highest BCUT2D eigenvalue weighted by Crippen LogP contribution is 2.17. The zero-order chi connectivity index (χ0) is 13.0. The van der Waals surface area contributed by atoms with E-state index in [4.69, 9.17) is 5.11 Å². The Labute approximate surface area is 101 Å². The number of carboxylic acid groups (broad SMARTS) is 1. The van der Waals surface area contributed by atoms with Crippen LogP contribution in [0.15, 0.2) is 18.2 Å². The predicted octanol–water partition coefficient (Wildman–Crippen LogP) is 2.12. The van der Waals surface area contributed by atoms with Crippen LogP contribution in [0.25, 0.3) is 0 Å².